The minimum atomic E-state index is -0.381. The molecular formula is C10H24O2Sc-2. The van der Waals surface area contributed by atoms with Gasteiger partial charge in [-0.05, 0) is 25.7 Å². The molecule has 0 aliphatic rings. The molecule has 0 spiro atoms. The Bertz CT molecular complexity index is 75.0. The summed E-state index contributed by atoms with van der Waals surface area (Å²) in [6.45, 7) is 5.82. The van der Waals surface area contributed by atoms with Gasteiger partial charge >= 0.3 is 0 Å². The molecule has 2 unspecified atom stereocenters. The Morgan fingerprint density at radius 2 is 1.31 bits per heavy atom. The Kier molecular flexibility index (Phi) is 23.2. The first-order valence-corrected chi connectivity index (χ1v) is 3.88. The van der Waals surface area contributed by atoms with Crippen molar-refractivity contribution in [3.8, 4) is 0 Å². The molecule has 2 N–H and O–H groups in total. The van der Waals surface area contributed by atoms with E-state index < -0.39 is 0 Å². The van der Waals surface area contributed by atoms with Gasteiger partial charge in [-0.15, -0.1) is 0 Å². The van der Waals surface area contributed by atoms with Crippen LogP contribution in [-0.4, -0.2) is 22.4 Å². The van der Waals surface area contributed by atoms with E-state index in [0.717, 1.165) is 6.42 Å². The third-order valence-electron chi connectivity index (χ3n) is 1.36. The van der Waals surface area contributed by atoms with Crippen molar-refractivity contribution in [2.24, 2.45) is 5.92 Å². The zero-order valence-electron chi connectivity index (χ0n) is 9.62. The van der Waals surface area contributed by atoms with Gasteiger partial charge in [0.2, 0.25) is 0 Å². The van der Waals surface area contributed by atoms with Crippen LogP contribution < -0.4 is 0 Å². The van der Waals surface area contributed by atoms with Gasteiger partial charge in [0.05, 0.1) is 12.2 Å². The van der Waals surface area contributed by atoms with Gasteiger partial charge in [-0.25, -0.2) is 0 Å². The molecule has 0 aromatic carbocycles. The molecule has 1 radical (unpaired) electrons. The topological polar surface area (TPSA) is 40.5 Å². The molecule has 0 aromatic heterocycles. The van der Waals surface area contributed by atoms with Gasteiger partial charge < -0.3 is 25.1 Å². The quantitative estimate of drug-likeness (QED) is 0.713. The normalized spacial score (nSPS) is 13.4. The van der Waals surface area contributed by atoms with E-state index in [1.165, 1.54) is 0 Å². The van der Waals surface area contributed by atoms with Gasteiger partial charge in [0.25, 0.3) is 0 Å². The predicted octanol–water partition coefficient (Wildman–Crippen LogP) is 2.06. The molecule has 81 valence electrons. The summed E-state index contributed by atoms with van der Waals surface area (Å²) < 4.78 is 0. The van der Waals surface area contributed by atoms with E-state index in [2.05, 4.69) is 13.8 Å². The third-order valence-corrected chi connectivity index (χ3v) is 1.36. The van der Waals surface area contributed by atoms with Crippen molar-refractivity contribution in [3.05, 3.63) is 14.9 Å². The number of hydrogen-bond acceptors (Lipinski definition) is 2. The van der Waals surface area contributed by atoms with Crippen molar-refractivity contribution >= 4 is 0 Å². The summed E-state index contributed by atoms with van der Waals surface area (Å²) in [6.07, 6.45) is 0.567. The molecule has 0 saturated carbocycles. The van der Waals surface area contributed by atoms with E-state index in [-0.39, 0.29) is 52.9 Å². The van der Waals surface area contributed by atoms with Gasteiger partial charge in [-0.3, -0.25) is 0 Å². The molecule has 0 aromatic rings. The molecule has 13 heavy (non-hydrogen) atoms. The maximum absolute atomic E-state index is 9.23. The molecule has 0 bridgehead atoms. The van der Waals surface area contributed by atoms with Crippen molar-refractivity contribution in [1.82, 2.24) is 0 Å². The number of hydrogen-bond donors (Lipinski definition) is 2. The zero-order valence-corrected chi connectivity index (χ0v) is 11.4. The Labute approximate surface area is 103 Å². The molecule has 0 heterocycles. The SMILES string of the molecule is CC(C)CC(O)CC(C)O.[CH3-].[CH3-].[Sc]. The molecule has 0 amide bonds. The average molecular weight is 221 g/mol. The molecule has 0 aliphatic carbocycles. The van der Waals surface area contributed by atoms with Gasteiger partial charge in [-0.1, -0.05) is 13.8 Å². The average Bonchev–Trinajstić information content (AvgIpc) is 1.58. The van der Waals surface area contributed by atoms with E-state index in [1.807, 2.05) is 0 Å². The molecule has 2 nitrogen and oxygen atoms in total. The Balaban J connectivity index is -0.000000135. The second-order valence-corrected chi connectivity index (χ2v) is 3.37. The van der Waals surface area contributed by atoms with Crippen LogP contribution in [0.15, 0.2) is 0 Å². The summed E-state index contributed by atoms with van der Waals surface area (Å²) in [4.78, 5) is 0. The first kappa shape index (κ1) is 23.5. The molecule has 0 fully saturated rings. The predicted molar refractivity (Wildman–Crippen MR) is 54.6 cm³/mol. The Hall–Kier alpha value is 0.790. The van der Waals surface area contributed by atoms with Gasteiger partial charge in [0.1, 0.15) is 0 Å². The molecule has 0 rings (SSSR count). The summed E-state index contributed by atoms with van der Waals surface area (Å²) in [5, 5.41) is 18.1. The molecule has 2 atom stereocenters. The number of aliphatic hydroxyl groups is 2. The minimum absolute atomic E-state index is 0. The van der Waals surface area contributed by atoms with Gasteiger partial charge in [0, 0.05) is 25.8 Å². The van der Waals surface area contributed by atoms with E-state index in [9.17, 15) is 5.11 Å². The van der Waals surface area contributed by atoms with Crippen molar-refractivity contribution in [2.45, 2.75) is 45.8 Å². The first-order chi connectivity index (χ1) is 4.52. The second kappa shape index (κ2) is 12.8. The van der Waals surface area contributed by atoms with Crippen LogP contribution in [-0.2, 0) is 25.8 Å². The van der Waals surface area contributed by atoms with E-state index in [4.69, 9.17) is 5.11 Å². The van der Waals surface area contributed by atoms with Crippen LogP contribution in [0.1, 0.15) is 33.6 Å². The number of aliphatic hydroxyl groups excluding tert-OH is 2. The van der Waals surface area contributed by atoms with Crippen LogP contribution in [0.3, 0.4) is 0 Å². The largest absolute Gasteiger partial charge is 0.393 e. The van der Waals surface area contributed by atoms with E-state index >= 15 is 0 Å². The summed E-state index contributed by atoms with van der Waals surface area (Å²) in [5.74, 6) is 0.508. The fourth-order valence-electron chi connectivity index (χ4n) is 1.03. The van der Waals surface area contributed by atoms with Crippen molar-refractivity contribution < 1.29 is 36.1 Å². The zero-order chi connectivity index (χ0) is 8.15. The maximum atomic E-state index is 9.23. The van der Waals surface area contributed by atoms with Crippen LogP contribution in [0.4, 0.5) is 0 Å². The molecule has 0 aliphatic heterocycles. The number of rotatable bonds is 4. The van der Waals surface area contributed by atoms with Crippen molar-refractivity contribution in [1.29, 1.82) is 0 Å². The van der Waals surface area contributed by atoms with Crippen LogP contribution in [0.25, 0.3) is 0 Å². The maximum Gasteiger partial charge on any atom is 0.0567 e. The Morgan fingerprint density at radius 3 is 1.54 bits per heavy atom. The summed E-state index contributed by atoms with van der Waals surface area (Å²) in [5.41, 5.74) is 0. The summed E-state index contributed by atoms with van der Waals surface area (Å²) in [7, 11) is 0. The summed E-state index contributed by atoms with van der Waals surface area (Å²) in [6, 6.07) is 0. The summed E-state index contributed by atoms with van der Waals surface area (Å²) >= 11 is 0. The monoisotopic (exact) mass is 221 g/mol. The van der Waals surface area contributed by atoms with Crippen LogP contribution >= 0.6 is 0 Å². The minimum Gasteiger partial charge on any atom is -0.393 e. The van der Waals surface area contributed by atoms with E-state index in [0.29, 0.717) is 12.3 Å². The standard InChI is InChI=1S/C8H18O2.2CH3.Sc/c1-6(2)4-8(10)5-7(3)9;;;/h6-10H,4-5H2,1-3H3;2*1H3;/q;2*-1;. The van der Waals surface area contributed by atoms with Crippen molar-refractivity contribution in [2.75, 3.05) is 0 Å². The molecular weight excluding hydrogens is 197 g/mol. The van der Waals surface area contributed by atoms with Crippen molar-refractivity contribution in [3.63, 3.8) is 0 Å². The fourth-order valence-corrected chi connectivity index (χ4v) is 1.03. The van der Waals surface area contributed by atoms with Gasteiger partial charge in [-0.2, -0.15) is 0 Å². The van der Waals surface area contributed by atoms with Crippen LogP contribution in [0.2, 0.25) is 0 Å². The molecule has 0 saturated heterocycles. The fraction of sp³-hybridized carbons (Fsp3) is 0.800. The Morgan fingerprint density at radius 1 is 0.923 bits per heavy atom. The third kappa shape index (κ3) is 19.3. The second-order valence-electron chi connectivity index (χ2n) is 3.37. The van der Waals surface area contributed by atoms with Gasteiger partial charge in [0.15, 0.2) is 0 Å². The first-order valence-electron chi connectivity index (χ1n) is 3.88. The molecule has 3 heteroatoms. The van der Waals surface area contributed by atoms with Crippen LogP contribution in [0.5, 0.6) is 0 Å². The smallest absolute Gasteiger partial charge is 0.0567 e. The van der Waals surface area contributed by atoms with E-state index in [1.54, 1.807) is 6.92 Å². The van der Waals surface area contributed by atoms with Crippen LogP contribution in [0, 0.1) is 20.8 Å².